The van der Waals surface area contributed by atoms with Crippen molar-refractivity contribution >= 4 is 71.8 Å². The minimum Gasteiger partial charge on any atom is -0.289 e. The van der Waals surface area contributed by atoms with E-state index in [1.807, 2.05) is 25.1 Å². The molecule has 0 fully saturated rings. The Bertz CT molecular complexity index is 671. The SMILES string of the molecule is Cc1cc(Br)c(C(=O)c2ccc(I)c(Cl)c2)cc1Br. The molecule has 0 amide bonds. The van der Waals surface area contributed by atoms with E-state index in [1.54, 1.807) is 12.1 Å². The Kier molecular flexibility index (Phi) is 5.09. The van der Waals surface area contributed by atoms with E-state index in [0.29, 0.717) is 16.1 Å². The molecule has 0 aliphatic heterocycles. The van der Waals surface area contributed by atoms with Crippen molar-refractivity contribution in [2.45, 2.75) is 6.92 Å². The monoisotopic (exact) mass is 512 g/mol. The van der Waals surface area contributed by atoms with E-state index in [-0.39, 0.29) is 5.78 Å². The number of aryl methyl sites for hydroxylation is 1. The number of rotatable bonds is 2. The number of ketones is 1. The van der Waals surface area contributed by atoms with Gasteiger partial charge in [0.2, 0.25) is 0 Å². The van der Waals surface area contributed by atoms with Gasteiger partial charge in [0.05, 0.1) is 5.02 Å². The Morgan fingerprint density at radius 1 is 1.16 bits per heavy atom. The minimum absolute atomic E-state index is 0.0501. The molecule has 0 bridgehead atoms. The summed E-state index contributed by atoms with van der Waals surface area (Å²) in [6, 6.07) is 9.08. The molecule has 0 atom stereocenters. The predicted octanol–water partition coefficient (Wildman–Crippen LogP) is 6.01. The van der Waals surface area contributed by atoms with E-state index in [1.165, 1.54) is 0 Å². The summed E-state index contributed by atoms with van der Waals surface area (Å²) in [5.41, 5.74) is 2.28. The summed E-state index contributed by atoms with van der Waals surface area (Å²) in [6.07, 6.45) is 0. The number of hydrogen-bond acceptors (Lipinski definition) is 1. The van der Waals surface area contributed by atoms with Crippen molar-refractivity contribution in [3.05, 3.63) is 64.6 Å². The first-order chi connectivity index (χ1) is 8.90. The van der Waals surface area contributed by atoms with E-state index < -0.39 is 0 Å². The van der Waals surface area contributed by atoms with Crippen LogP contribution >= 0.6 is 66.1 Å². The number of halogens is 4. The Morgan fingerprint density at radius 2 is 1.84 bits per heavy atom. The first kappa shape index (κ1) is 15.5. The molecule has 0 radical (unpaired) electrons. The lowest BCUT2D eigenvalue weighted by atomic mass is 10.0. The van der Waals surface area contributed by atoms with Crippen molar-refractivity contribution in [3.63, 3.8) is 0 Å². The summed E-state index contributed by atoms with van der Waals surface area (Å²) in [6.45, 7) is 1.98. The summed E-state index contributed by atoms with van der Waals surface area (Å²) in [7, 11) is 0. The van der Waals surface area contributed by atoms with E-state index >= 15 is 0 Å². The molecule has 0 aliphatic rings. The molecule has 1 nitrogen and oxygen atoms in total. The van der Waals surface area contributed by atoms with Crippen LogP contribution in [0.25, 0.3) is 0 Å². The normalized spacial score (nSPS) is 10.6. The van der Waals surface area contributed by atoms with E-state index in [4.69, 9.17) is 11.6 Å². The van der Waals surface area contributed by atoms with Crippen molar-refractivity contribution in [3.8, 4) is 0 Å². The fourth-order valence-corrected chi connectivity index (χ4v) is 3.11. The Morgan fingerprint density at radius 3 is 2.47 bits per heavy atom. The third kappa shape index (κ3) is 3.40. The molecule has 0 N–H and O–H groups in total. The van der Waals surface area contributed by atoms with E-state index in [0.717, 1.165) is 18.1 Å². The second-order valence-corrected chi connectivity index (χ2v) is 7.32. The molecule has 2 rings (SSSR count). The molecule has 5 heteroatoms. The summed E-state index contributed by atoms with van der Waals surface area (Å²) in [5.74, 6) is -0.0501. The summed E-state index contributed by atoms with van der Waals surface area (Å²) in [4.78, 5) is 12.5. The number of hydrogen-bond donors (Lipinski definition) is 0. The molecule has 19 heavy (non-hydrogen) atoms. The minimum atomic E-state index is -0.0501. The second kappa shape index (κ2) is 6.24. The molecule has 0 aromatic heterocycles. The maximum absolute atomic E-state index is 12.5. The smallest absolute Gasteiger partial charge is 0.194 e. The topological polar surface area (TPSA) is 17.1 Å². The molecule has 0 spiro atoms. The molecule has 0 unspecified atom stereocenters. The first-order valence-corrected chi connectivity index (χ1v) is 8.40. The van der Waals surface area contributed by atoms with Crippen LogP contribution in [-0.2, 0) is 0 Å². The number of benzene rings is 2. The van der Waals surface area contributed by atoms with Crippen LogP contribution in [0.15, 0.2) is 39.3 Å². The fourth-order valence-electron chi connectivity index (χ4n) is 1.61. The van der Waals surface area contributed by atoms with Crippen molar-refractivity contribution < 1.29 is 4.79 Å². The molecule has 0 saturated heterocycles. The van der Waals surface area contributed by atoms with E-state index in [2.05, 4.69) is 54.5 Å². The molecule has 2 aromatic carbocycles. The Balaban J connectivity index is 2.49. The van der Waals surface area contributed by atoms with Crippen LogP contribution in [0.5, 0.6) is 0 Å². The lowest BCUT2D eigenvalue weighted by molar-refractivity contribution is 0.103. The Hall–Kier alpha value is 0.0900. The van der Waals surface area contributed by atoms with Gasteiger partial charge in [-0.3, -0.25) is 4.79 Å². The largest absolute Gasteiger partial charge is 0.289 e. The van der Waals surface area contributed by atoms with Gasteiger partial charge < -0.3 is 0 Å². The molecular formula is C14H8Br2ClIO. The lowest BCUT2D eigenvalue weighted by Crippen LogP contribution is -2.03. The lowest BCUT2D eigenvalue weighted by Gasteiger charge is -2.08. The molecule has 0 aliphatic carbocycles. The highest BCUT2D eigenvalue weighted by atomic mass is 127. The standard InChI is InChI=1S/C14H8Br2ClIO/c1-7-4-11(16)9(6-10(7)15)14(19)8-2-3-13(18)12(17)5-8/h2-6H,1H3. The highest BCUT2D eigenvalue weighted by Gasteiger charge is 2.15. The van der Waals surface area contributed by atoms with Gasteiger partial charge in [-0.25, -0.2) is 0 Å². The highest BCUT2D eigenvalue weighted by Crippen LogP contribution is 2.28. The van der Waals surface area contributed by atoms with Crippen molar-refractivity contribution in [2.24, 2.45) is 0 Å². The van der Waals surface area contributed by atoms with Gasteiger partial charge in [-0.15, -0.1) is 0 Å². The zero-order chi connectivity index (χ0) is 14.2. The summed E-state index contributed by atoms with van der Waals surface area (Å²) >= 11 is 15.1. The molecule has 98 valence electrons. The maximum Gasteiger partial charge on any atom is 0.194 e. The van der Waals surface area contributed by atoms with Crippen molar-refractivity contribution in [1.82, 2.24) is 0 Å². The molecular weight excluding hydrogens is 506 g/mol. The summed E-state index contributed by atoms with van der Waals surface area (Å²) < 4.78 is 2.63. The predicted molar refractivity (Wildman–Crippen MR) is 94.2 cm³/mol. The number of carbonyl (C=O) groups excluding carboxylic acids is 1. The van der Waals surface area contributed by atoms with Gasteiger partial charge in [0, 0.05) is 23.6 Å². The molecule has 2 aromatic rings. The zero-order valence-electron chi connectivity index (χ0n) is 9.81. The second-order valence-electron chi connectivity index (χ2n) is 4.04. The highest BCUT2D eigenvalue weighted by molar-refractivity contribution is 14.1. The molecule has 0 saturated carbocycles. The molecule has 0 heterocycles. The summed E-state index contributed by atoms with van der Waals surface area (Å²) in [5, 5.41) is 0.591. The van der Waals surface area contributed by atoms with Gasteiger partial charge in [-0.2, -0.15) is 0 Å². The van der Waals surface area contributed by atoms with Gasteiger partial charge in [0.15, 0.2) is 5.78 Å². The van der Waals surface area contributed by atoms with Crippen LogP contribution in [0.2, 0.25) is 5.02 Å². The number of carbonyl (C=O) groups is 1. The van der Waals surface area contributed by atoms with Crippen LogP contribution in [0.3, 0.4) is 0 Å². The van der Waals surface area contributed by atoms with Crippen LogP contribution in [0.4, 0.5) is 0 Å². The van der Waals surface area contributed by atoms with Crippen LogP contribution in [0, 0.1) is 10.5 Å². The van der Waals surface area contributed by atoms with E-state index in [9.17, 15) is 4.79 Å². The van der Waals surface area contributed by atoms with Gasteiger partial charge in [-0.1, -0.05) is 43.5 Å². The fraction of sp³-hybridized carbons (Fsp3) is 0.0714. The average Bonchev–Trinajstić information content (AvgIpc) is 2.36. The van der Waals surface area contributed by atoms with Crippen molar-refractivity contribution in [2.75, 3.05) is 0 Å². The zero-order valence-corrected chi connectivity index (χ0v) is 15.9. The quantitative estimate of drug-likeness (QED) is 0.355. The van der Waals surface area contributed by atoms with Crippen LogP contribution in [-0.4, -0.2) is 5.78 Å². The van der Waals surface area contributed by atoms with Crippen LogP contribution in [0.1, 0.15) is 21.5 Å². The van der Waals surface area contributed by atoms with Gasteiger partial charge >= 0.3 is 0 Å². The first-order valence-electron chi connectivity index (χ1n) is 5.35. The third-order valence-electron chi connectivity index (χ3n) is 2.67. The average molecular weight is 514 g/mol. The maximum atomic E-state index is 12.5. The Labute approximate surface area is 147 Å². The van der Waals surface area contributed by atoms with Gasteiger partial charge in [-0.05, 0) is 65.4 Å². The van der Waals surface area contributed by atoms with Crippen LogP contribution < -0.4 is 0 Å². The van der Waals surface area contributed by atoms with Gasteiger partial charge in [0.1, 0.15) is 0 Å². The van der Waals surface area contributed by atoms with Crippen molar-refractivity contribution in [1.29, 1.82) is 0 Å². The third-order valence-corrected chi connectivity index (χ3v) is 5.76. The van der Waals surface area contributed by atoms with Gasteiger partial charge in [0.25, 0.3) is 0 Å².